The minimum absolute atomic E-state index is 0.259. The number of hydrogen-bond acceptors (Lipinski definition) is 2. The average molecular weight is 243 g/mol. The van der Waals surface area contributed by atoms with E-state index < -0.39 is 17.7 Å². The van der Waals surface area contributed by atoms with Crippen LogP contribution in [0.15, 0.2) is 18.2 Å². The first-order valence-electron chi connectivity index (χ1n) is 5.78. The van der Waals surface area contributed by atoms with Crippen LogP contribution in [0.3, 0.4) is 0 Å². The lowest BCUT2D eigenvalue weighted by Crippen LogP contribution is -2.34. The van der Waals surface area contributed by atoms with E-state index in [9.17, 15) is 13.9 Å². The number of aliphatic hydroxyl groups excluding tert-OH is 1. The second-order valence-electron chi connectivity index (χ2n) is 4.63. The Hall–Kier alpha value is -1.00. The number of halogens is 2. The van der Waals surface area contributed by atoms with Gasteiger partial charge in [0.1, 0.15) is 0 Å². The Labute approximate surface area is 101 Å². The van der Waals surface area contributed by atoms with Crippen LogP contribution in [0.4, 0.5) is 8.78 Å². The quantitative estimate of drug-likeness (QED) is 0.833. The third kappa shape index (κ3) is 4.06. The van der Waals surface area contributed by atoms with Crippen molar-refractivity contribution >= 4 is 0 Å². The van der Waals surface area contributed by atoms with Crippen molar-refractivity contribution in [1.82, 2.24) is 5.32 Å². The maximum atomic E-state index is 13.0. The number of aliphatic hydroxyl groups is 1. The van der Waals surface area contributed by atoms with Gasteiger partial charge in [0.15, 0.2) is 11.6 Å². The van der Waals surface area contributed by atoms with Crippen LogP contribution in [0.1, 0.15) is 32.4 Å². The summed E-state index contributed by atoms with van der Waals surface area (Å²) in [4.78, 5) is 0. The Morgan fingerprint density at radius 3 is 2.35 bits per heavy atom. The minimum Gasteiger partial charge on any atom is -0.387 e. The molecule has 0 bridgehead atoms. The standard InChI is InChI=1S/C13H19F2NO/c1-8(2)9(3)16-7-13(17)10-4-5-11(14)12(15)6-10/h4-6,8-9,13,16-17H,7H2,1-3H3. The summed E-state index contributed by atoms with van der Waals surface area (Å²) in [6.45, 7) is 6.48. The first-order chi connectivity index (χ1) is 7.91. The molecular formula is C13H19F2NO. The second-order valence-corrected chi connectivity index (χ2v) is 4.63. The van der Waals surface area contributed by atoms with E-state index in [2.05, 4.69) is 19.2 Å². The molecule has 0 heterocycles. The summed E-state index contributed by atoms with van der Waals surface area (Å²) < 4.78 is 25.7. The normalized spacial score (nSPS) is 15.0. The van der Waals surface area contributed by atoms with Gasteiger partial charge in [-0.15, -0.1) is 0 Å². The molecule has 1 aromatic rings. The second kappa shape index (κ2) is 6.07. The Balaban J connectivity index is 2.58. The Morgan fingerprint density at radius 2 is 1.82 bits per heavy atom. The molecule has 0 saturated heterocycles. The van der Waals surface area contributed by atoms with Crippen LogP contribution in [0, 0.1) is 17.6 Å². The van der Waals surface area contributed by atoms with Gasteiger partial charge in [0.2, 0.25) is 0 Å². The van der Waals surface area contributed by atoms with E-state index in [0.717, 1.165) is 12.1 Å². The fraction of sp³-hybridized carbons (Fsp3) is 0.538. The van der Waals surface area contributed by atoms with Gasteiger partial charge in [-0.3, -0.25) is 0 Å². The molecule has 0 aliphatic carbocycles. The molecule has 0 aliphatic rings. The third-order valence-electron chi connectivity index (χ3n) is 2.96. The zero-order valence-corrected chi connectivity index (χ0v) is 10.4. The fourth-order valence-corrected chi connectivity index (χ4v) is 1.37. The van der Waals surface area contributed by atoms with Crippen LogP contribution >= 0.6 is 0 Å². The van der Waals surface area contributed by atoms with E-state index >= 15 is 0 Å². The van der Waals surface area contributed by atoms with E-state index in [1.165, 1.54) is 6.07 Å². The Bertz CT molecular complexity index is 368. The van der Waals surface area contributed by atoms with Crippen molar-refractivity contribution in [2.45, 2.75) is 32.9 Å². The lowest BCUT2D eigenvalue weighted by Gasteiger charge is -2.20. The highest BCUT2D eigenvalue weighted by Gasteiger charge is 2.13. The highest BCUT2D eigenvalue weighted by Crippen LogP contribution is 2.16. The number of nitrogens with one attached hydrogen (secondary N) is 1. The fourth-order valence-electron chi connectivity index (χ4n) is 1.37. The highest BCUT2D eigenvalue weighted by atomic mass is 19.2. The maximum Gasteiger partial charge on any atom is 0.159 e. The van der Waals surface area contributed by atoms with E-state index in [1.54, 1.807) is 0 Å². The maximum absolute atomic E-state index is 13.0. The lowest BCUT2D eigenvalue weighted by molar-refractivity contribution is 0.166. The first-order valence-corrected chi connectivity index (χ1v) is 5.78. The van der Waals surface area contributed by atoms with Crippen LogP contribution in [0.5, 0.6) is 0 Å². The summed E-state index contributed by atoms with van der Waals surface area (Å²) >= 11 is 0. The van der Waals surface area contributed by atoms with Gasteiger partial charge < -0.3 is 10.4 Å². The van der Waals surface area contributed by atoms with Crippen molar-refractivity contribution in [1.29, 1.82) is 0 Å². The molecular weight excluding hydrogens is 224 g/mol. The molecule has 0 saturated carbocycles. The molecule has 96 valence electrons. The molecule has 0 aliphatic heterocycles. The van der Waals surface area contributed by atoms with E-state index in [0.29, 0.717) is 18.0 Å². The summed E-state index contributed by atoms with van der Waals surface area (Å²) in [5.74, 6) is -1.38. The third-order valence-corrected chi connectivity index (χ3v) is 2.96. The molecule has 2 N–H and O–H groups in total. The molecule has 0 radical (unpaired) electrons. The first kappa shape index (κ1) is 14.1. The topological polar surface area (TPSA) is 32.3 Å². The van der Waals surface area contributed by atoms with Crippen LogP contribution in [-0.2, 0) is 0 Å². The van der Waals surface area contributed by atoms with Crippen molar-refractivity contribution in [3.8, 4) is 0 Å². The zero-order chi connectivity index (χ0) is 13.0. The van der Waals surface area contributed by atoms with E-state index in [4.69, 9.17) is 0 Å². The van der Waals surface area contributed by atoms with Gasteiger partial charge in [-0.1, -0.05) is 19.9 Å². The van der Waals surface area contributed by atoms with Crippen LogP contribution in [-0.4, -0.2) is 17.7 Å². The number of hydrogen-bond donors (Lipinski definition) is 2. The van der Waals surface area contributed by atoms with Gasteiger partial charge in [0, 0.05) is 12.6 Å². The summed E-state index contributed by atoms with van der Waals surface area (Å²) in [6.07, 6.45) is -0.828. The van der Waals surface area contributed by atoms with Gasteiger partial charge in [-0.05, 0) is 30.5 Å². The molecule has 0 aromatic heterocycles. The molecule has 1 rings (SSSR count). The highest BCUT2D eigenvalue weighted by molar-refractivity contribution is 5.20. The lowest BCUT2D eigenvalue weighted by atomic mass is 10.1. The average Bonchev–Trinajstić information content (AvgIpc) is 2.28. The van der Waals surface area contributed by atoms with Gasteiger partial charge in [0.05, 0.1) is 6.10 Å². The van der Waals surface area contributed by atoms with E-state index in [-0.39, 0.29) is 6.04 Å². The monoisotopic (exact) mass is 243 g/mol. The Kier molecular flexibility index (Phi) is 5.02. The Morgan fingerprint density at radius 1 is 1.18 bits per heavy atom. The molecule has 2 nitrogen and oxygen atoms in total. The molecule has 2 atom stereocenters. The van der Waals surface area contributed by atoms with Gasteiger partial charge in [-0.2, -0.15) is 0 Å². The van der Waals surface area contributed by atoms with Gasteiger partial charge in [-0.25, -0.2) is 8.78 Å². The van der Waals surface area contributed by atoms with Crippen LogP contribution in [0.2, 0.25) is 0 Å². The molecule has 0 spiro atoms. The summed E-state index contributed by atoms with van der Waals surface area (Å²) in [5, 5.41) is 13.0. The van der Waals surface area contributed by atoms with Crippen molar-refractivity contribution in [2.75, 3.05) is 6.54 Å². The van der Waals surface area contributed by atoms with Crippen molar-refractivity contribution in [2.24, 2.45) is 5.92 Å². The van der Waals surface area contributed by atoms with Crippen molar-refractivity contribution in [3.05, 3.63) is 35.4 Å². The minimum atomic E-state index is -0.932. The van der Waals surface area contributed by atoms with Crippen molar-refractivity contribution < 1.29 is 13.9 Å². The van der Waals surface area contributed by atoms with Gasteiger partial charge in [0.25, 0.3) is 0 Å². The van der Waals surface area contributed by atoms with Crippen molar-refractivity contribution in [3.63, 3.8) is 0 Å². The number of benzene rings is 1. The SMILES string of the molecule is CC(C)C(C)NCC(O)c1ccc(F)c(F)c1. The summed E-state index contributed by atoms with van der Waals surface area (Å²) in [5.41, 5.74) is 0.382. The van der Waals surface area contributed by atoms with Crippen LogP contribution < -0.4 is 5.32 Å². The molecule has 4 heteroatoms. The smallest absolute Gasteiger partial charge is 0.159 e. The largest absolute Gasteiger partial charge is 0.387 e. The van der Waals surface area contributed by atoms with Gasteiger partial charge >= 0.3 is 0 Å². The predicted molar refractivity (Wildman–Crippen MR) is 63.6 cm³/mol. The zero-order valence-electron chi connectivity index (χ0n) is 10.4. The summed E-state index contributed by atoms with van der Waals surface area (Å²) in [6, 6.07) is 3.71. The molecule has 2 unspecified atom stereocenters. The van der Waals surface area contributed by atoms with Crippen LogP contribution in [0.25, 0.3) is 0 Å². The molecule has 17 heavy (non-hydrogen) atoms. The van der Waals surface area contributed by atoms with E-state index in [1.807, 2.05) is 6.92 Å². The molecule has 0 amide bonds. The summed E-state index contributed by atoms with van der Waals surface area (Å²) in [7, 11) is 0. The predicted octanol–water partition coefficient (Wildman–Crippen LogP) is 2.63. The molecule has 0 fully saturated rings. The number of rotatable bonds is 5. The molecule has 1 aromatic carbocycles.